The van der Waals surface area contributed by atoms with Gasteiger partial charge in [-0.15, -0.1) is 0 Å². The molecule has 0 amide bonds. The van der Waals surface area contributed by atoms with Crippen LogP contribution in [0.3, 0.4) is 0 Å². The molecule has 0 aromatic heterocycles. The Morgan fingerprint density at radius 1 is 1.10 bits per heavy atom. The quantitative estimate of drug-likeness (QED) is 0.801. The maximum Gasteiger partial charge on any atom is 0.336 e. The lowest BCUT2D eigenvalue weighted by atomic mass is 9.90. The number of aryl methyl sites for hydroxylation is 1. The average molecular weight is 285 g/mol. The van der Waals surface area contributed by atoms with Gasteiger partial charge in [-0.3, -0.25) is 0 Å². The maximum absolute atomic E-state index is 11.5. The molecule has 0 unspecified atom stereocenters. The lowest BCUT2D eigenvalue weighted by Gasteiger charge is -2.13. The number of hydrogen-bond acceptors (Lipinski definition) is 3. The monoisotopic (exact) mass is 285 g/mol. The normalized spacial score (nSPS) is 10.4. The first kappa shape index (κ1) is 14.7. The second-order valence-electron chi connectivity index (χ2n) is 4.69. The lowest BCUT2D eigenvalue weighted by molar-refractivity contribution is 0.0695. The van der Waals surface area contributed by atoms with Gasteiger partial charge in [-0.05, 0) is 35.7 Å². The standard InChI is InChI=1S/C16H15NO4/c1-9-5-6-12(15(18)19)14(13(9)16(20)21)11-4-2-3-10(7-11)8-17/h2-7H,8,17H2,1H3,(H,18,19)(H,20,21). The summed E-state index contributed by atoms with van der Waals surface area (Å²) in [4.78, 5) is 22.9. The van der Waals surface area contributed by atoms with Gasteiger partial charge in [0.2, 0.25) is 0 Å². The van der Waals surface area contributed by atoms with Gasteiger partial charge in [0.25, 0.3) is 0 Å². The third-order valence-corrected chi connectivity index (χ3v) is 3.31. The largest absolute Gasteiger partial charge is 0.478 e. The third kappa shape index (κ3) is 2.78. The molecule has 4 N–H and O–H groups in total. The molecule has 5 nitrogen and oxygen atoms in total. The summed E-state index contributed by atoms with van der Waals surface area (Å²) < 4.78 is 0. The molecule has 0 saturated carbocycles. The van der Waals surface area contributed by atoms with Gasteiger partial charge in [-0.2, -0.15) is 0 Å². The number of aromatic carboxylic acids is 2. The van der Waals surface area contributed by atoms with Gasteiger partial charge < -0.3 is 15.9 Å². The molecule has 0 bridgehead atoms. The molecule has 21 heavy (non-hydrogen) atoms. The van der Waals surface area contributed by atoms with E-state index in [1.54, 1.807) is 31.2 Å². The molecule has 2 aromatic rings. The minimum atomic E-state index is -1.16. The van der Waals surface area contributed by atoms with Crippen LogP contribution in [-0.2, 0) is 6.54 Å². The van der Waals surface area contributed by atoms with Crippen LogP contribution in [0.15, 0.2) is 36.4 Å². The van der Waals surface area contributed by atoms with Crippen molar-refractivity contribution < 1.29 is 19.8 Å². The van der Waals surface area contributed by atoms with Crippen molar-refractivity contribution in [3.63, 3.8) is 0 Å². The number of carboxylic acids is 2. The Bertz CT molecular complexity index is 722. The van der Waals surface area contributed by atoms with E-state index < -0.39 is 11.9 Å². The van der Waals surface area contributed by atoms with E-state index in [1.807, 2.05) is 0 Å². The van der Waals surface area contributed by atoms with Crippen LogP contribution in [0.1, 0.15) is 31.8 Å². The molecule has 2 aromatic carbocycles. The van der Waals surface area contributed by atoms with Gasteiger partial charge in [0, 0.05) is 12.1 Å². The highest BCUT2D eigenvalue weighted by Gasteiger charge is 2.22. The molecule has 2 rings (SSSR count). The third-order valence-electron chi connectivity index (χ3n) is 3.31. The van der Waals surface area contributed by atoms with Crippen molar-refractivity contribution in [2.75, 3.05) is 0 Å². The summed E-state index contributed by atoms with van der Waals surface area (Å²) in [5, 5.41) is 18.8. The van der Waals surface area contributed by atoms with Gasteiger partial charge in [-0.1, -0.05) is 24.3 Å². The number of benzene rings is 2. The molecule has 0 radical (unpaired) electrons. The topological polar surface area (TPSA) is 101 Å². The predicted octanol–water partition coefficient (Wildman–Crippen LogP) is 2.52. The molecule has 108 valence electrons. The number of carboxylic acid groups (broad SMARTS) is 2. The summed E-state index contributed by atoms with van der Waals surface area (Å²) in [6.07, 6.45) is 0. The number of nitrogens with two attached hydrogens (primary N) is 1. The second-order valence-corrected chi connectivity index (χ2v) is 4.69. The summed E-state index contributed by atoms with van der Waals surface area (Å²) in [7, 11) is 0. The number of rotatable bonds is 4. The van der Waals surface area contributed by atoms with Gasteiger partial charge in [-0.25, -0.2) is 9.59 Å². The Morgan fingerprint density at radius 3 is 2.38 bits per heavy atom. The molecule has 0 aliphatic rings. The summed E-state index contributed by atoms with van der Waals surface area (Å²) in [5.74, 6) is -2.31. The lowest BCUT2D eigenvalue weighted by Crippen LogP contribution is -2.09. The molecule has 0 heterocycles. The predicted molar refractivity (Wildman–Crippen MR) is 78.4 cm³/mol. The smallest absolute Gasteiger partial charge is 0.336 e. The molecule has 5 heteroatoms. The number of hydrogen-bond donors (Lipinski definition) is 3. The zero-order valence-corrected chi connectivity index (χ0v) is 11.5. The van der Waals surface area contributed by atoms with Crippen LogP contribution >= 0.6 is 0 Å². The zero-order chi connectivity index (χ0) is 15.6. The number of carbonyl (C=O) groups is 2. The molecule has 0 atom stereocenters. The zero-order valence-electron chi connectivity index (χ0n) is 11.5. The van der Waals surface area contributed by atoms with E-state index >= 15 is 0 Å². The fourth-order valence-electron chi connectivity index (χ4n) is 2.31. The highest BCUT2D eigenvalue weighted by molar-refractivity contribution is 6.05. The molecule has 0 spiro atoms. The first-order valence-electron chi connectivity index (χ1n) is 6.35. The summed E-state index contributed by atoms with van der Waals surface area (Å²) >= 11 is 0. The van der Waals surface area contributed by atoms with Crippen LogP contribution in [-0.4, -0.2) is 22.2 Å². The Morgan fingerprint density at radius 2 is 1.81 bits per heavy atom. The first-order valence-corrected chi connectivity index (χ1v) is 6.35. The van der Waals surface area contributed by atoms with E-state index in [0.717, 1.165) is 5.56 Å². The van der Waals surface area contributed by atoms with E-state index in [9.17, 15) is 19.8 Å². The van der Waals surface area contributed by atoms with Crippen LogP contribution in [0.5, 0.6) is 0 Å². The molecule has 0 fully saturated rings. The van der Waals surface area contributed by atoms with Crippen LogP contribution < -0.4 is 5.73 Å². The van der Waals surface area contributed by atoms with Gasteiger partial charge in [0.1, 0.15) is 0 Å². The van der Waals surface area contributed by atoms with Gasteiger partial charge in [0.15, 0.2) is 0 Å². The van der Waals surface area contributed by atoms with Crippen molar-refractivity contribution in [1.29, 1.82) is 0 Å². The van der Waals surface area contributed by atoms with E-state index in [4.69, 9.17) is 5.73 Å². The minimum absolute atomic E-state index is 0.00377. The fourth-order valence-corrected chi connectivity index (χ4v) is 2.31. The Labute approximate surface area is 121 Å². The Kier molecular flexibility index (Phi) is 4.05. The van der Waals surface area contributed by atoms with E-state index in [2.05, 4.69) is 0 Å². The molecule has 0 saturated heterocycles. The van der Waals surface area contributed by atoms with E-state index in [-0.39, 0.29) is 16.7 Å². The molecular weight excluding hydrogens is 270 g/mol. The van der Waals surface area contributed by atoms with Crippen molar-refractivity contribution in [1.82, 2.24) is 0 Å². The van der Waals surface area contributed by atoms with Crippen LogP contribution in [0.25, 0.3) is 11.1 Å². The summed E-state index contributed by atoms with van der Waals surface area (Å²) in [6, 6.07) is 9.87. The van der Waals surface area contributed by atoms with Crippen molar-refractivity contribution in [3.05, 3.63) is 58.7 Å². The van der Waals surface area contributed by atoms with Crippen LogP contribution in [0.2, 0.25) is 0 Å². The van der Waals surface area contributed by atoms with Crippen molar-refractivity contribution in [2.45, 2.75) is 13.5 Å². The first-order chi connectivity index (χ1) is 9.95. The van der Waals surface area contributed by atoms with Gasteiger partial charge >= 0.3 is 11.9 Å². The Hall–Kier alpha value is -2.66. The van der Waals surface area contributed by atoms with E-state index in [0.29, 0.717) is 17.7 Å². The highest BCUT2D eigenvalue weighted by Crippen LogP contribution is 2.31. The van der Waals surface area contributed by atoms with Crippen molar-refractivity contribution >= 4 is 11.9 Å². The molecular formula is C16H15NO4. The SMILES string of the molecule is Cc1ccc(C(=O)O)c(-c2cccc(CN)c2)c1C(=O)O. The molecule has 0 aliphatic carbocycles. The summed E-state index contributed by atoms with van der Waals surface area (Å²) in [6.45, 7) is 1.94. The minimum Gasteiger partial charge on any atom is -0.478 e. The summed E-state index contributed by atoms with van der Waals surface area (Å²) in [5.41, 5.74) is 7.63. The second kappa shape index (κ2) is 5.76. The van der Waals surface area contributed by atoms with Crippen LogP contribution in [0, 0.1) is 6.92 Å². The van der Waals surface area contributed by atoms with Crippen LogP contribution in [0.4, 0.5) is 0 Å². The molecule has 0 aliphatic heterocycles. The Balaban J connectivity index is 2.83. The fraction of sp³-hybridized carbons (Fsp3) is 0.125. The van der Waals surface area contributed by atoms with Crippen molar-refractivity contribution in [3.8, 4) is 11.1 Å². The van der Waals surface area contributed by atoms with Gasteiger partial charge in [0.05, 0.1) is 11.1 Å². The van der Waals surface area contributed by atoms with E-state index in [1.165, 1.54) is 12.1 Å². The maximum atomic E-state index is 11.5. The highest BCUT2D eigenvalue weighted by atomic mass is 16.4. The average Bonchev–Trinajstić information content (AvgIpc) is 2.46. The van der Waals surface area contributed by atoms with Crippen molar-refractivity contribution in [2.24, 2.45) is 5.73 Å².